The van der Waals surface area contributed by atoms with E-state index in [1.165, 1.54) is 16.1 Å². The molecule has 0 unspecified atom stereocenters. The highest BCUT2D eigenvalue weighted by molar-refractivity contribution is 7.14. The molecule has 0 spiro atoms. The van der Waals surface area contributed by atoms with Crippen LogP contribution >= 0.6 is 11.3 Å². The number of amides is 1. The maximum Gasteiger partial charge on any atom is 0.242 e. The Labute approximate surface area is 170 Å². The van der Waals surface area contributed by atoms with Gasteiger partial charge in [-0.05, 0) is 35.1 Å². The van der Waals surface area contributed by atoms with Crippen molar-refractivity contribution in [2.75, 3.05) is 51.2 Å². The monoisotopic (exact) mass is 397 g/mol. The Bertz CT molecular complexity index is 827. The number of anilines is 1. The second-order valence-corrected chi connectivity index (χ2v) is 8.09. The molecular weight excluding hydrogens is 370 g/mol. The fourth-order valence-electron chi connectivity index (χ4n) is 3.90. The van der Waals surface area contributed by atoms with Gasteiger partial charge in [0.1, 0.15) is 0 Å². The van der Waals surface area contributed by atoms with Gasteiger partial charge in [-0.1, -0.05) is 24.3 Å². The van der Waals surface area contributed by atoms with Gasteiger partial charge < -0.3 is 20.0 Å². The van der Waals surface area contributed by atoms with Gasteiger partial charge in [0.2, 0.25) is 5.91 Å². The van der Waals surface area contributed by atoms with E-state index in [-0.39, 0.29) is 5.91 Å². The largest absolute Gasteiger partial charge is 0.360 e. The summed E-state index contributed by atoms with van der Waals surface area (Å²) in [4.78, 5) is 23.7. The number of thiophene rings is 1. The van der Waals surface area contributed by atoms with Crippen molar-refractivity contribution < 1.29 is 4.79 Å². The predicted octanol–water partition coefficient (Wildman–Crippen LogP) is 2.03. The van der Waals surface area contributed by atoms with Crippen molar-refractivity contribution in [3.63, 3.8) is 0 Å². The Hall–Kier alpha value is -2.54. The summed E-state index contributed by atoms with van der Waals surface area (Å²) in [5, 5.41) is 6.72. The molecule has 1 amide bonds. The van der Waals surface area contributed by atoms with Gasteiger partial charge in [-0.15, -0.1) is 11.3 Å². The molecule has 6 nitrogen and oxygen atoms in total. The fourth-order valence-corrected chi connectivity index (χ4v) is 4.68. The summed E-state index contributed by atoms with van der Waals surface area (Å²) < 4.78 is 0. The number of carbonyl (C=O) groups is 1. The minimum absolute atomic E-state index is 0.132. The number of benzene rings is 1. The Balaban J connectivity index is 1.27. The molecule has 0 radical (unpaired) electrons. The van der Waals surface area contributed by atoms with Crippen LogP contribution in [0.5, 0.6) is 0 Å². The number of aliphatic imine (C=N–C) groups is 1. The first-order valence-corrected chi connectivity index (χ1v) is 10.7. The molecule has 7 heteroatoms. The van der Waals surface area contributed by atoms with E-state index in [0.717, 1.165) is 45.1 Å². The van der Waals surface area contributed by atoms with Crippen molar-refractivity contribution in [3.8, 4) is 0 Å². The minimum Gasteiger partial charge on any atom is -0.360 e. The summed E-state index contributed by atoms with van der Waals surface area (Å²) in [6.07, 6.45) is 0.932. The molecule has 148 valence electrons. The van der Waals surface area contributed by atoms with Crippen LogP contribution in [0.2, 0.25) is 0 Å². The zero-order valence-corrected chi connectivity index (χ0v) is 17.1. The van der Waals surface area contributed by atoms with Crippen LogP contribution in [0.3, 0.4) is 0 Å². The molecule has 0 bridgehead atoms. The summed E-state index contributed by atoms with van der Waals surface area (Å²) in [7, 11) is 1.79. The first-order valence-electron chi connectivity index (χ1n) is 9.83. The van der Waals surface area contributed by atoms with Crippen molar-refractivity contribution in [1.29, 1.82) is 0 Å². The van der Waals surface area contributed by atoms with Crippen LogP contribution in [0.1, 0.15) is 11.1 Å². The standard InChI is InChI=1S/C21H27N5OS/c1-22-21(25-12-10-24(11-13-25)20-7-4-14-28-20)23-15-19(27)26-9-8-17-5-2-3-6-18(17)16-26/h2-7,14H,8-13,15-16H2,1H3,(H,22,23). The third-order valence-corrected chi connectivity index (χ3v) is 6.42. The van der Waals surface area contributed by atoms with Gasteiger partial charge in [0.05, 0.1) is 11.5 Å². The summed E-state index contributed by atoms with van der Waals surface area (Å²) in [6, 6.07) is 12.7. The number of carbonyl (C=O) groups excluding carboxylic acids is 1. The third-order valence-electron chi connectivity index (χ3n) is 5.49. The Morgan fingerprint density at radius 3 is 2.54 bits per heavy atom. The molecule has 4 rings (SSSR count). The van der Waals surface area contributed by atoms with Gasteiger partial charge in [0, 0.05) is 46.3 Å². The molecule has 1 fully saturated rings. The second kappa shape index (κ2) is 8.65. The quantitative estimate of drug-likeness (QED) is 0.636. The van der Waals surface area contributed by atoms with Gasteiger partial charge >= 0.3 is 0 Å². The first-order chi connectivity index (χ1) is 13.7. The molecule has 28 heavy (non-hydrogen) atoms. The number of nitrogens with zero attached hydrogens (tertiary/aromatic N) is 4. The number of hydrogen-bond donors (Lipinski definition) is 1. The minimum atomic E-state index is 0.132. The lowest BCUT2D eigenvalue weighted by Crippen LogP contribution is -2.54. The predicted molar refractivity (Wildman–Crippen MR) is 115 cm³/mol. The molecule has 1 aromatic heterocycles. The topological polar surface area (TPSA) is 51.2 Å². The average Bonchev–Trinajstić information content (AvgIpc) is 3.29. The van der Waals surface area contributed by atoms with Gasteiger partial charge in [0.25, 0.3) is 0 Å². The zero-order chi connectivity index (χ0) is 19.3. The molecule has 0 aliphatic carbocycles. The number of rotatable bonds is 3. The van der Waals surface area contributed by atoms with Crippen LogP contribution in [0.4, 0.5) is 5.00 Å². The maximum absolute atomic E-state index is 12.7. The highest BCUT2D eigenvalue weighted by atomic mass is 32.1. The van der Waals surface area contributed by atoms with E-state index in [1.807, 2.05) is 11.0 Å². The fraction of sp³-hybridized carbons (Fsp3) is 0.429. The van der Waals surface area contributed by atoms with Gasteiger partial charge in [0.15, 0.2) is 5.96 Å². The van der Waals surface area contributed by atoms with Crippen molar-refractivity contribution in [2.24, 2.45) is 4.99 Å². The SMILES string of the molecule is CN=C(NCC(=O)N1CCc2ccccc2C1)N1CCN(c2cccs2)CC1. The Kier molecular flexibility index (Phi) is 5.81. The number of guanidine groups is 1. The molecule has 1 N–H and O–H groups in total. The van der Waals surface area contributed by atoms with E-state index >= 15 is 0 Å². The maximum atomic E-state index is 12.7. The van der Waals surface area contributed by atoms with Crippen LogP contribution < -0.4 is 10.2 Å². The summed E-state index contributed by atoms with van der Waals surface area (Å²) >= 11 is 1.78. The Morgan fingerprint density at radius 1 is 1.04 bits per heavy atom. The number of fused-ring (bicyclic) bond motifs is 1. The molecule has 2 aliphatic heterocycles. The van der Waals surface area contributed by atoms with Crippen LogP contribution in [0, 0.1) is 0 Å². The molecule has 0 atom stereocenters. The summed E-state index contributed by atoms with van der Waals surface area (Å²) in [6.45, 7) is 5.53. The van der Waals surface area contributed by atoms with Crippen molar-refractivity contribution in [3.05, 3.63) is 52.9 Å². The van der Waals surface area contributed by atoms with E-state index in [2.05, 4.69) is 55.8 Å². The van der Waals surface area contributed by atoms with E-state index in [0.29, 0.717) is 13.1 Å². The number of piperazine rings is 1. The Morgan fingerprint density at radius 2 is 1.82 bits per heavy atom. The molecule has 1 saturated heterocycles. The summed E-state index contributed by atoms with van der Waals surface area (Å²) in [5.74, 6) is 0.949. The van der Waals surface area contributed by atoms with Crippen molar-refractivity contribution in [1.82, 2.24) is 15.1 Å². The molecule has 3 heterocycles. The first kappa shape index (κ1) is 18.8. The average molecular weight is 398 g/mol. The lowest BCUT2D eigenvalue weighted by atomic mass is 10.00. The molecular formula is C21H27N5OS. The van der Waals surface area contributed by atoms with E-state index in [4.69, 9.17) is 0 Å². The molecule has 2 aliphatic rings. The van der Waals surface area contributed by atoms with Crippen LogP contribution in [-0.2, 0) is 17.8 Å². The van der Waals surface area contributed by atoms with Crippen molar-refractivity contribution in [2.45, 2.75) is 13.0 Å². The van der Waals surface area contributed by atoms with Crippen molar-refractivity contribution >= 4 is 28.2 Å². The van der Waals surface area contributed by atoms with E-state index in [1.54, 1.807) is 18.4 Å². The van der Waals surface area contributed by atoms with E-state index in [9.17, 15) is 4.79 Å². The smallest absolute Gasteiger partial charge is 0.242 e. The van der Waals surface area contributed by atoms with Crippen LogP contribution in [0.25, 0.3) is 0 Å². The lowest BCUT2D eigenvalue weighted by molar-refractivity contribution is -0.130. The molecule has 0 saturated carbocycles. The summed E-state index contributed by atoms with van der Waals surface area (Å²) in [5.41, 5.74) is 2.62. The van der Waals surface area contributed by atoms with Crippen LogP contribution in [-0.4, -0.2) is 68.0 Å². The molecule has 2 aromatic rings. The second-order valence-electron chi connectivity index (χ2n) is 7.16. The van der Waals surface area contributed by atoms with Gasteiger partial charge in [-0.3, -0.25) is 9.79 Å². The number of hydrogen-bond acceptors (Lipinski definition) is 4. The number of nitrogens with one attached hydrogen (secondary N) is 1. The molecule has 1 aromatic carbocycles. The third kappa shape index (κ3) is 4.14. The van der Waals surface area contributed by atoms with Crippen LogP contribution in [0.15, 0.2) is 46.8 Å². The zero-order valence-electron chi connectivity index (χ0n) is 16.3. The van der Waals surface area contributed by atoms with E-state index < -0.39 is 0 Å². The highest BCUT2D eigenvalue weighted by Gasteiger charge is 2.23. The van der Waals surface area contributed by atoms with Gasteiger partial charge in [-0.2, -0.15) is 0 Å². The highest BCUT2D eigenvalue weighted by Crippen LogP contribution is 2.22. The van der Waals surface area contributed by atoms with Gasteiger partial charge in [-0.25, -0.2) is 0 Å². The lowest BCUT2D eigenvalue weighted by Gasteiger charge is -2.37. The normalized spacial score (nSPS) is 17.5.